The SMILES string of the molecule is CC1=C(C)C(C)c2c1sc1c2CC(C)(C)C1. The van der Waals surface area contributed by atoms with E-state index in [1.54, 1.807) is 32.0 Å². The van der Waals surface area contributed by atoms with E-state index in [4.69, 9.17) is 0 Å². The molecule has 16 heavy (non-hydrogen) atoms. The number of rotatable bonds is 0. The van der Waals surface area contributed by atoms with Crippen molar-refractivity contribution in [2.24, 2.45) is 5.41 Å². The van der Waals surface area contributed by atoms with Gasteiger partial charge in [0.05, 0.1) is 0 Å². The monoisotopic (exact) mass is 232 g/mol. The lowest BCUT2D eigenvalue weighted by Crippen LogP contribution is -2.10. The van der Waals surface area contributed by atoms with Gasteiger partial charge in [-0.15, -0.1) is 11.3 Å². The summed E-state index contributed by atoms with van der Waals surface area (Å²) < 4.78 is 0. The Labute approximate surface area is 102 Å². The third kappa shape index (κ3) is 1.21. The first-order valence-electron chi connectivity index (χ1n) is 6.23. The largest absolute Gasteiger partial charge is 0.140 e. The third-order valence-electron chi connectivity index (χ3n) is 4.44. The second kappa shape index (κ2) is 3.01. The molecular formula is C15H20S. The standard InChI is InChI=1S/C15H20S/c1-8-9(2)13-11-6-15(4,5)7-12(11)16-14(13)10(8)3/h9H,6-7H2,1-5H3. The van der Waals surface area contributed by atoms with Gasteiger partial charge in [0.15, 0.2) is 0 Å². The Kier molecular flexibility index (Phi) is 1.99. The first kappa shape index (κ1) is 10.6. The van der Waals surface area contributed by atoms with Gasteiger partial charge in [0.1, 0.15) is 0 Å². The minimum absolute atomic E-state index is 0.500. The van der Waals surface area contributed by atoms with Crippen LogP contribution in [0.25, 0.3) is 5.57 Å². The normalized spacial score (nSPS) is 26.2. The van der Waals surface area contributed by atoms with Gasteiger partial charge in [-0.3, -0.25) is 0 Å². The molecule has 0 saturated carbocycles. The molecule has 0 aliphatic heterocycles. The van der Waals surface area contributed by atoms with Crippen molar-refractivity contribution in [3.8, 4) is 0 Å². The summed E-state index contributed by atoms with van der Waals surface area (Å²) in [5.74, 6) is 0.670. The van der Waals surface area contributed by atoms with Gasteiger partial charge in [-0.25, -0.2) is 0 Å². The molecule has 1 aromatic rings. The van der Waals surface area contributed by atoms with Crippen LogP contribution in [0.4, 0.5) is 0 Å². The molecule has 0 fully saturated rings. The van der Waals surface area contributed by atoms with Crippen molar-refractivity contribution in [1.29, 1.82) is 0 Å². The highest BCUT2D eigenvalue weighted by Crippen LogP contribution is 2.53. The summed E-state index contributed by atoms with van der Waals surface area (Å²) in [5.41, 5.74) is 7.03. The molecule has 0 radical (unpaired) electrons. The molecule has 3 rings (SSSR count). The molecule has 0 N–H and O–H groups in total. The second-order valence-electron chi connectivity index (χ2n) is 6.29. The highest BCUT2D eigenvalue weighted by atomic mass is 32.1. The van der Waals surface area contributed by atoms with E-state index in [1.165, 1.54) is 12.8 Å². The average Bonchev–Trinajstić information content (AvgIpc) is 2.71. The fourth-order valence-corrected chi connectivity index (χ4v) is 5.03. The Morgan fingerprint density at radius 3 is 2.56 bits per heavy atom. The third-order valence-corrected chi connectivity index (χ3v) is 5.81. The molecule has 1 aromatic heterocycles. The van der Waals surface area contributed by atoms with E-state index >= 15 is 0 Å². The molecule has 0 nitrogen and oxygen atoms in total. The van der Waals surface area contributed by atoms with Crippen LogP contribution in [-0.4, -0.2) is 0 Å². The van der Waals surface area contributed by atoms with Gasteiger partial charge in [-0.05, 0) is 48.8 Å². The molecule has 1 heterocycles. The maximum Gasteiger partial charge on any atom is 0.0342 e. The van der Waals surface area contributed by atoms with Crippen molar-refractivity contribution in [1.82, 2.24) is 0 Å². The molecule has 0 amide bonds. The molecule has 0 aromatic carbocycles. The van der Waals surface area contributed by atoms with Gasteiger partial charge in [0, 0.05) is 15.7 Å². The number of allylic oxidation sites excluding steroid dienone is 2. The molecule has 0 spiro atoms. The highest BCUT2D eigenvalue weighted by Gasteiger charge is 2.37. The fraction of sp³-hybridized carbons (Fsp3) is 0.600. The van der Waals surface area contributed by atoms with E-state index < -0.39 is 0 Å². The van der Waals surface area contributed by atoms with Crippen molar-refractivity contribution in [2.75, 3.05) is 0 Å². The lowest BCUT2D eigenvalue weighted by Gasteiger charge is -2.16. The number of hydrogen-bond acceptors (Lipinski definition) is 1. The second-order valence-corrected chi connectivity index (χ2v) is 7.40. The van der Waals surface area contributed by atoms with Crippen LogP contribution in [0, 0.1) is 5.41 Å². The zero-order valence-electron chi connectivity index (χ0n) is 10.9. The van der Waals surface area contributed by atoms with Crippen LogP contribution in [0.15, 0.2) is 5.57 Å². The Bertz CT molecular complexity index is 500. The van der Waals surface area contributed by atoms with Crippen LogP contribution < -0.4 is 0 Å². The molecule has 1 heteroatoms. The van der Waals surface area contributed by atoms with Gasteiger partial charge in [0.25, 0.3) is 0 Å². The van der Waals surface area contributed by atoms with Crippen LogP contribution in [-0.2, 0) is 12.8 Å². The lowest BCUT2D eigenvalue weighted by atomic mass is 9.88. The van der Waals surface area contributed by atoms with Crippen molar-refractivity contribution in [2.45, 2.75) is 53.4 Å². The quantitative estimate of drug-likeness (QED) is 0.603. The zero-order valence-corrected chi connectivity index (χ0v) is 11.7. The van der Waals surface area contributed by atoms with Crippen LogP contribution >= 0.6 is 11.3 Å². The van der Waals surface area contributed by atoms with Crippen LogP contribution in [0.5, 0.6) is 0 Å². The molecule has 86 valence electrons. The molecule has 2 aliphatic rings. The van der Waals surface area contributed by atoms with Gasteiger partial charge < -0.3 is 0 Å². The molecule has 1 unspecified atom stereocenters. The van der Waals surface area contributed by atoms with E-state index in [1.807, 2.05) is 0 Å². The molecule has 0 saturated heterocycles. The minimum Gasteiger partial charge on any atom is -0.140 e. The van der Waals surface area contributed by atoms with Gasteiger partial charge in [-0.2, -0.15) is 0 Å². The summed E-state index contributed by atoms with van der Waals surface area (Å²) in [7, 11) is 0. The summed E-state index contributed by atoms with van der Waals surface area (Å²) in [5, 5.41) is 0. The minimum atomic E-state index is 0.500. The van der Waals surface area contributed by atoms with E-state index in [0.29, 0.717) is 11.3 Å². The maximum absolute atomic E-state index is 2.40. The molecule has 2 aliphatic carbocycles. The Balaban J connectivity index is 2.15. The van der Waals surface area contributed by atoms with Crippen molar-refractivity contribution < 1.29 is 0 Å². The number of thiophene rings is 1. The fourth-order valence-electron chi connectivity index (χ4n) is 3.30. The van der Waals surface area contributed by atoms with Crippen LogP contribution in [0.3, 0.4) is 0 Å². The van der Waals surface area contributed by atoms with E-state index in [0.717, 1.165) is 0 Å². The highest BCUT2D eigenvalue weighted by molar-refractivity contribution is 7.13. The topological polar surface area (TPSA) is 0 Å². The van der Waals surface area contributed by atoms with E-state index in [2.05, 4.69) is 46.0 Å². The maximum atomic E-state index is 2.40. The number of fused-ring (bicyclic) bond motifs is 3. The van der Waals surface area contributed by atoms with Crippen LogP contribution in [0.1, 0.15) is 61.4 Å². The van der Waals surface area contributed by atoms with Gasteiger partial charge in [-0.1, -0.05) is 26.3 Å². The molecule has 0 bridgehead atoms. The predicted octanol–water partition coefficient (Wildman–Crippen LogP) is 4.78. The zero-order chi connectivity index (χ0) is 11.7. The Morgan fingerprint density at radius 2 is 1.88 bits per heavy atom. The first-order chi connectivity index (χ1) is 7.41. The average molecular weight is 232 g/mol. The summed E-state index contributed by atoms with van der Waals surface area (Å²) in [6.07, 6.45) is 2.58. The number of hydrogen-bond donors (Lipinski definition) is 0. The summed E-state index contributed by atoms with van der Waals surface area (Å²) in [6.45, 7) is 11.8. The van der Waals surface area contributed by atoms with Crippen molar-refractivity contribution in [3.63, 3.8) is 0 Å². The summed E-state index contributed by atoms with van der Waals surface area (Å²) >= 11 is 2.07. The van der Waals surface area contributed by atoms with Gasteiger partial charge >= 0.3 is 0 Å². The van der Waals surface area contributed by atoms with Crippen molar-refractivity contribution >= 4 is 16.9 Å². The van der Waals surface area contributed by atoms with Gasteiger partial charge in [0.2, 0.25) is 0 Å². The molecule has 1 atom stereocenters. The smallest absolute Gasteiger partial charge is 0.0342 e. The summed E-state index contributed by atoms with van der Waals surface area (Å²) in [6, 6.07) is 0. The van der Waals surface area contributed by atoms with Crippen LogP contribution in [0.2, 0.25) is 0 Å². The molecular weight excluding hydrogens is 212 g/mol. The van der Waals surface area contributed by atoms with E-state index in [-0.39, 0.29) is 0 Å². The van der Waals surface area contributed by atoms with Crippen molar-refractivity contribution in [3.05, 3.63) is 26.5 Å². The predicted molar refractivity (Wildman–Crippen MR) is 72.2 cm³/mol. The van der Waals surface area contributed by atoms with E-state index in [9.17, 15) is 0 Å². The Morgan fingerprint density at radius 1 is 1.19 bits per heavy atom. The lowest BCUT2D eigenvalue weighted by molar-refractivity contribution is 0.393. The first-order valence-corrected chi connectivity index (χ1v) is 7.04. The summed E-state index contributed by atoms with van der Waals surface area (Å²) in [4.78, 5) is 3.28. The Hall–Kier alpha value is -0.560.